The van der Waals surface area contributed by atoms with Crippen molar-refractivity contribution in [1.29, 1.82) is 0 Å². The van der Waals surface area contributed by atoms with Gasteiger partial charge in [-0.1, -0.05) is 13.3 Å². The van der Waals surface area contributed by atoms with Crippen molar-refractivity contribution in [2.75, 3.05) is 44.1 Å². The van der Waals surface area contributed by atoms with Gasteiger partial charge in [-0.2, -0.15) is 18.2 Å². The average molecular weight is 320 g/mol. The molecular formula is C14H23F3N4O. The van der Waals surface area contributed by atoms with Gasteiger partial charge >= 0.3 is 6.18 Å². The molecule has 0 aromatic carbocycles. The molecule has 1 heterocycles. The first-order valence-electron chi connectivity index (χ1n) is 7.29. The Bertz CT molecular complexity index is 452. The molecule has 5 nitrogen and oxygen atoms in total. The molecule has 0 radical (unpaired) electrons. The van der Waals surface area contributed by atoms with Gasteiger partial charge in [0, 0.05) is 39.9 Å². The van der Waals surface area contributed by atoms with Gasteiger partial charge in [0.25, 0.3) is 0 Å². The fourth-order valence-corrected chi connectivity index (χ4v) is 1.61. The normalized spacial score (nSPS) is 11.5. The maximum absolute atomic E-state index is 12.8. The van der Waals surface area contributed by atoms with Crippen molar-refractivity contribution in [1.82, 2.24) is 9.97 Å². The van der Waals surface area contributed by atoms with E-state index in [4.69, 9.17) is 4.74 Å². The SMILES string of the molecule is CCCCOCCCNc1nc(N(C)C)cc(C(F)(F)F)n1. The monoisotopic (exact) mass is 320 g/mol. The first-order valence-corrected chi connectivity index (χ1v) is 7.29. The number of unbranched alkanes of at least 4 members (excludes halogenated alkanes) is 1. The van der Waals surface area contributed by atoms with Gasteiger partial charge in [-0.3, -0.25) is 0 Å². The molecule has 0 atom stereocenters. The fourth-order valence-electron chi connectivity index (χ4n) is 1.61. The summed E-state index contributed by atoms with van der Waals surface area (Å²) in [7, 11) is 3.27. The largest absolute Gasteiger partial charge is 0.433 e. The van der Waals surface area contributed by atoms with Gasteiger partial charge in [0.2, 0.25) is 5.95 Å². The first-order chi connectivity index (χ1) is 10.3. The Labute approximate surface area is 128 Å². The molecule has 22 heavy (non-hydrogen) atoms. The molecule has 0 saturated carbocycles. The molecule has 0 aliphatic heterocycles. The van der Waals surface area contributed by atoms with Crippen LogP contribution in [0.1, 0.15) is 31.9 Å². The highest BCUT2D eigenvalue weighted by molar-refractivity contribution is 5.44. The van der Waals surface area contributed by atoms with Crippen molar-refractivity contribution >= 4 is 11.8 Å². The molecule has 1 aromatic heterocycles. The third-order valence-corrected chi connectivity index (χ3v) is 2.85. The Balaban J connectivity index is 2.57. The third kappa shape index (κ3) is 6.46. The number of rotatable bonds is 9. The summed E-state index contributed by atoms with van der Waals surface area (Å²) < 4.78 is 43.8. The van der Waals surface area contributed by atoms with Crippen molar-refractivity contribution in [3.8, 4) is 0 Å². The van der Waals surface area contributed by atoms with Crippen molar-refractivity contribution in [2.24, 2.45) is 0 Å². The van der Waals surface area contributed by atoms with Gasteiger partial charge in [-0.05, 0) is 12.8 Å². The third-order valence-electron chi connectivity index (χ3n) is 2.85. The van der Waals surface area contributed by atoms with Crippen LogP contribution >= 0.6 is 0 Å². The van der Waals surface area contributed by atoms with Crippen molar-refractivity contribution in [2.45, 2.75) is 32.4 Å². The Morgan fingerprint density at radius 3 is 2.45 bits per heavy atom. The van der Waals surface area contributed by atoms with E-state index in [1.165, 1.54) is 4.90 Å². The zero-order chi connectivity index (χ0) is 16.6. The number of nitrogens with one attached hydrogen (secondary N) is 1. The lowest BCUT2D eigenvalue weighted by Crippen LogP contribution is -2.18. The number of ether oxygens (including phenoxy) is 1. The molecule has 0 aliphatic rings. The predicted octanol–water partition coefficient (Wildman–Crippen LogP) is 3.18. The van der Waals surface area contributed by atoms with Gasteiger partial charge in [0.15, 0.2) is 5.69 Å². The Morgan fingerprint density at radius 2 is 1.86 bits per heavy atom. The van der Waals surface area contributed by atoms with E-state index in [0.717, 1.165) is 18.9 Å². The van der Waals surface area contributed by atoms with E-state index in [1.54, 1.807) is 14.1 Å². The van der Waals surface area contributed by atoms with Crippen LogP contribution in [0.2, 0.25) is 0 Å². The molecule has 0 aliphatic carbocycles. The average Bonchev–Trinajstić information content (AvgIpc) is 2.45. The molecule has 0 bridgehead atoms. The van der Waals surface area contributed by atoms with Gasteiger partial charge in [0.1, 0.15) is 5.82 Å². The second-order valence-corrected chi connectivity index (χ2v) is 5.07. The van der Waals surface area contributed by atoms with E-state index in [1.807, 2.05) is 0 Å². The standard InChI is InChI=1S/C14H23F3N4O/c1-4-5-8-22-9-6-7-18-13-19-11(14(15,16)17)10-12(20-13)21(2)3/h10H,4-9H2,1-3H3,(H,18,19,20). The van der Waals surface area contributed by atoms with E-state index in [9.17, 15) is 13.2 Å². The zero-order valence-electron chi connectivity index (χ0n) is 13.2. The van der Waals surface area contributed by atoms with Crippen LogP contribution in [0.3, 0.4) is 0 Å². The molecule has 0 saturated heterocycles. The molecule has 126 valence electrons. The van der Waals surface area contributed by atoms with Gasteiger partial charge in [-0.25, -0.2) is 4.98 Å². The maximum Gasteiger partial charge on any atom is 0.433 e. The highest BCUT2D eigenvalue weighted by Gasteiger charge is 2.33. The van der Waals surface area contributed by atoms with E-state index in [0.29, 0.717) is 26.2 Å². The lowest BCUT2D eigenvalue weighted by atomic mass is 10.3. The minimum Gasteiger partial charge on any atom is -0.381 e. The van der Waals surface area contributed by atoms with E-state index < -0.39 is 11.9 Å². The molecular weight excluding hydrogens is 297 g/mol. The van der Waals surface area contributed by atoms with Crippen LogP contribution in [0.25, 0.3) is 0 Å². The summed E-state index contributed by atoms with van der Waals surface area (Å²) in [5.74, 6) is 0.191. The van der Waals surface area contributed by atoms with Crippen LogP contribution in [0.4, 0.5) is 24.9 Å². The summed E-state index contributed by atoms with van der Waals surface area (Å²) >= 11 is 0. The van der Waals surface area contributed by atoms with E-state index >= 15 is 0 Å². The topological polar surface area (TPSA) is 50.3 Å². The Kier molecular flexibility index (Phi) is 7.37. The number of aromatic nitrogens is 2. The number of anilines is 2. The fraction of sp³-hybridized carbons (Fsp3) is 0.714. The molecule has 1 N–H and O–H groups in total. The summed E-state index contributed by atoms with van der Waals surface area (Å²) in [6.45, 7) is 3.81. The van der Waals surface area contributed by atoms with Crippen molar-refractivity contribution < 1.29 is 17.9 Å². The van der Waals surface area contributed by atoms with Crippen molar-refractivity contribution in [3.63, 3.8) is 0 Å². The molecule has 0 unspecified atom stereocenters. The second kappa shape index (κ2) is 8.77. The van der Waals surface area contributed by atoms with Gasteiger partial charge in [0.05, 0.1) is 0 Å². The number of hydrogen-bond acceptors (Lipinski definition) is 5. The summed E-state index contributed by atoms with van der Waals surface area (Å²) in [6.07, 6.45) is -1.73. The quantitative estimate of drug-likeness (QED) is 0.708. The lowest BCUT2D eigenvalue weighted by molar-refractivity contribution is -0.141. The lowest BCUT2D eigenvalue weighted by Gasteiger charge is -2.16. The highest BCUT2D eigenvalue weighted by atomic mass is 19.4. The van der Waals surface area contributed by atoms with Crippen LogP contribution in [0.15, 0.2) is 6.07 Å². The minimum absolute atomic E-state index is 0.0212. The molecule has 1 aromatic rings. The Morgan fingerprint density at radius 1 is 1.18 bits per heavy atom. The predicted molar refractivity (Wildman–Crippen MR) is 80.2 cm³/mol. The Hall–Kier alpha value is -1.57. The summed E-state index contributed by atoms with van der Waals surface area (Å²) in [4.78, 5) is 9.09. The number of hydrogen-bond donors (Lipinski definition) is 1. The van der Waals surface area contributed by atoms with Crippen LogP contribution < -0.4 is 10.2 Å². The van der Waals surface area contributed by atoms with Crippen LogP contribution in [-0.2, 0) is 10.9 Å². The summed E-state index contributed by atoms with van der Waals surface area (Å²) in [5.41, 5.74) is -0.951. The maximum atomic E-state index is 12.8. The highest BCUT2D eigenvalue weighted by Crippen LogP contribution is 2.30. The van der Waals surface area contributed by atoms with Gasteiger partial charge in [-0.15, -0.1) is 0 Å². The number of halogens is 3. The number of nitrogens with zero attached hydrogens (tertiary/aromatic N) is 3. The molecule has 0 amide bonds. The summed E-state index contributed by atoms with van der Waals surface area (Å²) in [5, 5.41) is 2.81. The minimum atomic E-state index is -4.49. The van der Waals surface area contributed by atoms with Crippen LogP contribution in [-0.4, -0.2) is 43.8 Å². The number of alkyl halides is 3. The zero-order valence-corrected chi connectivity index (χ0v) is 13.2. The van der Waals surface area contributed by atoms with Crippen LogP contribution in [0, 0.1) is 0 Å². The molecule has 0 spiro atoms. The van der Waals surface area contributed by atoms with E-state index in [2.05, 4.69) is 22.2 Å². The van der Waals surface area contributed by atoms with Crippen molar-refractivity contribution in [3.05, 3.63) is 11.8 Å². The summed E-state index contributed by atoms with van der Waals surface area (Å²) in [6, 6.07) is 0.930. The second-order valence-electron chi connectivity index (χ2n) is 5.07. The first kappa shape index (κ1) is 18.5. The van der Waals surface area contributed by atoms with Gasteiger partial charge < -0.3 is 15.0 Å². The van der Waals surface area contributed by atoms with E-state index in [-0.39, 0.29) is 11.8 Å². The molecule has 8 heteroatoms. The molecule has 1 rings (SSSR count). The smallest absolute Gasteiger partial charge is 0.381 e. The van der Waals surface area contributed by atoms with Crippen LogP contribution in [0.5, 0.6) is 0 Å². The molecule has 0 fully saturated rings.